The number of carbonyl (C=O) groups excluding carboxylic acids is 2. The maximum atomic E-state index is 12.8. The van der Waals surface area contributed by atoms with Crippen molar-refractivity contribution in [2.45, 2.75) is 6.92 Å². The summed E-state index contributed by atoms with van der Waals surface area (Å²) in [5.74, 6) is 0.924. The molecule has 29 heavy (non-hydrogen) atoms. The zero-order chi connectivity index (χ0) is 20.4. The van der Waals surface area contributed by atoms with Crippen molar-refractivity contribution in [3.8, 4) is 11.3 Å². The molecule has 1 aliphatic heterocycles. The third-order valence-corrected chi connectivity index (χ3v) is 5.48. The quantitative estimate of drug-likeness (QED) is 0.588. The summed E-state index contributed by atoms with van der Waals surface area (Å²) in [4.78, 5) is 27.8. The number of anilines is 1. The highest BCUT2D eigenvalue weighted by atomic mass is 35.5. The smallest absolute Gasteiger partial charge is 0.253 e. The Morgan fingerprint density at radius 1 is 1.00 bits per heavy atom. The Morgan fingerprint density at radius 2 is 1.72 bits per heavy atom. The number of hydrogen-bond donors (Lipinski definition) is 0. The first-order chi connectivity index (χ1) is 14.1. The lowest BCUT2D eigenvalue weighted by Gasteiger charge is -2.37. The Labute approximate surface area is 174 Å². The molecule has 0 N–H and O–H groups in total. The molecule has 1 saturated heterocycles. The summed E-state index contributed by atoms with van der Waals surface area (Å²) >= 11 is 6.53. The van der Waals surface area contributed by atoms with Crippen molar-refractivity contribution >= 4 is 29.5 Å². The normalized spacial score (nSPS) is 14.1. The van der Waals surface area contributed by atoms with E-state index in [1.807, 2.05) is 54.3 Å². The van der Waals surface area contributed by atoms with Crippen molar-refractivity contribution in [2.75, 3.05) is 31.1 Å². The summed E-state index contributed by atoms with van der Waals surface area (Å²) in [6, 6.07) is 16.7. The number of furan rings is 1. The van der Waals surface area contributed by atoms with Crippen LogP contribution in [0.4, 0.5) is 5.69 Å². The summed E-state index contributed by atoms with van der Waals surface area (Å²) in [6.45, 7) is 4.54. The molecule has 0 unspecified atom stereocenters. The van der Waals surface area contributed by atoms with Gasteiger partial charge in [-0.1, -0.05) is 35.4 Å². The van der Waals surface area contributed by atoms with Gasteiger partial charge in [0.15, 0.2) is 12.0 Å². The number of benzene rings is 2. The molecular formula is C23H21ClN2O3. The third kappa shape index (κ3) is 3.91. The third-order valence-electron chi connectivity index (χ3n) is 5.18. The zero-order valence-electron chi connectivity index (χ0n) is 16.1. The SMILES string of the molecule is Cc1ccc(C(=O)N2CCN(c3c(Cl)cccc3-c3ccc(C=O)o3)CC2)cc1. The predicted octanol–water partition coefficient (Wildman–Crippen LogP) is 4.68. The molecule has 0 atom stereocenters. The van der Waals surface area contributed by atoms with Gasteiger partial charge in [-0.15, -0.1) is 0 Å². The summed E-state index contributed by atoms with van der Waals surface area (Å²) in [7, 11) is 0. The maximum Gasteiger partial charge on any atom is 0.253 e. The van der Waals surface area contributed by atoms with Gasteiger partial charge >= 0.3 is 0 Å². The summed E-state index contributed by atoms with van der Waals surface area (Å²) in [5, 5.41) is 0.616. The van der Waals surface area contributed by atoms with E-state index in [1.54, 1.807) is 12.1 Å². The highest BCUT2D eigenvalue weighted by molar-refractivity contribution is 6.34. The van der Waals surface area contributed by atoms with E-state index in [4.69, 9.17) is 16.0 Å². The fourth-order valence-corrected chi connectivity index (χ4v) is 3.90. The first-order valence-corrected chi connectivity index (χ1v) is 9.89. The number of aldehydes is 1. The Bertz CT molecular complexity index is 1030. The van der Waals surface area contributed by atoms with Gasteiger partial charge in [-0.3, -0.25) is 9.59 Å². The van der Waals surface area contributed by atoms with Gasteiger partial charge in [-0.2, -0.15) is 0 Å². The fourth-order valence-electron chi connectivity index (χ4n) is 3.61. The zero-order valence-corrected chi connectivity index (χ0v) is 16.9. The minimum absolute atomic E-state index is 0.0469. The van der Waals surface area contributed by atoms with Gasteiger partial charge in [-0.05, 0) is 43.3 Å². The van der Waals surface area contributed by atoms with E-state index in [9.17, 15) is 9.59 Å². The number of carbonyl (C=O) groups is 2. The Morgan fingerprint density at radius 3 is 2.38 bits per heavy atom. The highest BCUT2D eigenvalue weighted by Gasteiger charge is 2.25. The van der Waals surface area contributed by atoms with Crippen LogP contribution in [0.2, 0.25) is 5.02 Å². The molecular weight excluding hydrogens is 388 g/mol. The van der Waals surface area contributed by atoms with Crippen molar-refractivity contribution in [2.24, 2.45) is 0 Å². The van der Waals surface area contributed by atoms with Crippen LogP contribution in [-0.4, -0.2) is 43.3 Å². The van der Waals surface area contributed by atoms with E-state index < -0.39 is 0 Å². The standard InChI is InChI=1S/C23H21ClN2O3/c1-16-5-7-17(8-6-16)23(28)26-13-11-25(12-14-26)22-19(3-2-4-20(22)24)21-10-9-18(15-27)29-21/h2-10,15H,11-14H2,1H3. The average molecular weight is 409 g/mol. The van der Waals surface area contributed by atoms with Crippen molar-refractivity contribution in [1.29, 1.82) is 0 Å². The van der Waals surface area contributed by atoms with E-state index in [-0.39, 0.29) is 11.7 Å². The second-order valence-electron chi connectivity index (χ2n) is 7.10. The molecule has 1 amide bonds. The Hall–Kier alpha value is -3.05. The second-order valence-corrected chi connectivity index (χ2v) is 7.51. The van der Waals surface area contributed by atoms with E-state index in [0.717, 1.165) is 16.8 Å². The molecule has 0 radical (unpaired) electrons. The van der Waals surface area contributed by atoms with Crippen molar-refractivity contribution < 1.29 is 14.0 Å². The minimum atomic E-state index is 0.0469. The van der Waals surface area contributed by atoms with Crippen LogP contribution in [0, 0.1) is 6.92 Å². The lowest BCUT2D eigenvalue weighted by molar-refractivity contribution is 0.0746. The van der Waals surface area contributed by atoms with Crippen LogP contribution < -0.4 is 4.90 Å². The van der Waals surface area contributed by atoms with Gasteiger partial charge in [0, 0.05) is 37.3 Å². The molecule has 5 nitrogen and oxygen atoms in total. The maximum absolute atomic E-state index is 12.8. The summed E-state index contributed by atoms with van der Waals surface area (Å²) in [5.41, 5.74) is 3.54. The molecule has 1 aliphatic rings. The average Bonchev–Trinajstić information content (AvgIpc) is 3.23. The number of para-hydroxylation sites is 1. The predicted molar refractivity (Wildman–Crippen MR) is 114 cm³/mol. The van der Waals surface area contributed by atoms with Crippen LogP contribution in [0.15, 0.2) is 59.0 Å². The van der Waals surface area contributed by atoms with Crippen LogP contribution >= 0.6 is 11.6 Å². The molecule has 148 valence electrons. The van der Waals surface area contributed by atoms with Crippen LogP contribution in [-0.2, 0) is 0 Å². The molecule has 1 fully saturated rings. The van der Waals surface area contributed by atoms with Crippen molar-refractivity contribution in [1.82, 2.24) is 4.90 Å². The first kappa shape index (κ1) is 19.3. The van der Waals surface area contributed by atoms with E-state index in [0.29, 0.717) is 48.8 Å². The number of amides is 1. The Kier molecular flexibility index (Phi) is 5.41. The van der Waals surface area contributed by atoms with Gasteiger partial charge in [-0.25, -0.2) is 0 Å². The molecule has 0 saturated carbocycles. The fraction of sp³-hybridized carbons (Fsp3) is 0.217. The summed E-state index contributed by atoms with van der Waals surface area (Å²) < 4.78 is 5.61. The number of piperazine rings is 1. The lowest BCUT2D eigenvalue weighted by Crippen LogP contribution is -2.49. The number of halogens is 1. The number of hydrogen-bond acceptors (Lipinski definition) is 4. The largest absolute Gasteiger partial charge is 0.453 e. The van der Waals surface area contributed by atoms with E-state index in [1.165, 1.54) is 0 Å². The van der Waals surface area contributed by atoms with Gasteiger partial charge in [0.1, 0.15) is 5.76 Å². The van der Waals surface area contributed by atoms with Gasteiger partial charge in [0.05, 0.1) is 10.7 Å². The molecule has 2 heterocycles. The minimum Gasteiger partial charge on any atom is -0.453 e. The highest BCUT2D eigenvalue weighted by Crippen LogP contribution is 2.38. The first-order valence-electron chi connectivity index (χ1n) is 9.51. The number of nitrogens with zero attached hydrogens (tertiary/aromatic N) is 2. The van der Waals surface area contributed by atoms with Crippen LogP contribution in [0.25, 0.3) is 11.3 Å². The molecule has 0 aliphatic carbocycles. The molecule has 2 aromatic carbocycles. The number of aryl methyl sites for hydroxylation is 1. The van der Waals surface area contributed by atoms with E-state index >= 15 is 0 Å². The monoisotopic (exact) mass is 408 g/mol. The van der Waals surface area contributed by atoms with Crippen LogP contribution in [0.3, 0.4) is 0 Å². The Balaban J connectivity index is 1.53. The molecule has 6 heteroatoms. The van der Waals surface area contributed by atoms with Crippen LogP contribution in [0.1, 0.15) is 26.5 Å². The lowest BCUT2D eigenvalue weighted by atomic mass is 10.1. The topological polar surface area (TPSA) is 53.8 Å². The molecule has 3 aromatic rings. The summed E-state index contributed by atoms with van der Waals surface area (Å²) in [6.07, 6.45) is 0.684. The molecule has 0 spiro atoms. The van der Waals surface area contributed by atoms with E-state index in [2.05, 4.69) is 4.90 Å². The van der Waals surface area contributed by atoms with Crippen molar-refractivity contribution in [3.05, 3.63) is 76.5 Å². The van der Waals surface area contributed by atoms with Crippen molar-refractivity contribution in [3.63, 3.8) is 0 Å². The second kappa shape index (κ2) is 8.13. The van der Waals surface area contributed by atoms with Gasteiger partial charge in [0.25, 0.3) is 5.91 Å². The number of rotatable bonds is 4. The molecule has 0 bridgehead atoms. The van der Waals surface area contributed by atoms with Gasteiger partial charge < -0.3 is 14.2 Å². The van der Waals surface area contributed by atoms with Crippen LogP contribution in [0.5, 0.6) is 0 Å². The molecule has 1 aromatic heterocycles. The molecule has 4 rings (SSSR count). The van der Waals surface area contributed by atoms with Gasteiger partial charge in [0.2, 0.25) is 0 Å².